The fraction of sp³-hybridized carbons (Fsp3) is 0.333. The van der Waals surface area contributed by atoms with Crippen molar-refractivity contribution in [3.8, 4) is 0 Å². The summed E-state index contributed by atoms with van der Waals surface area (Å²) in [4.78, 5) is 14.8. The molecule has 0 fully saturated rings. The molecule has 0 unspecified atom stereocenters. The van der Waals surface area contributed by atoms with E-state index >= 15 is 0 Å². The van der Waals surface area contributed by atoms with Gasteiger partial charge in [0.25, 0.3) is 0 Å². The van der Waals surface area contributed by atoms with Crippen molar-refractivity contribution in [3.05, 3.63) is 29.8 Å². The van der Waals surface area contributed by atoms with Gasteiger partial charge in [-0.25, -0.2) is 4.99 Å². The lowest BCUT2D eigenvalue weighted by molar-refractivity contribution is -0.138. The number of rotatable bonds is 5. The van der Waals surface area contributed by atoms with Crippen LogP contribution in [0.15, 0.2) is 29.3 Å². The molecule has 0 amide bonds. The zero-order valence-corrected chi connectivity index (χ0v) is 11.0. The number of aliphatic imine (C=N–C) groups is 1. The fourth-order valence-corrected chi connectivity index (χ4v) is 1.82. The molecule has 6 heteroatoms. The Hall–Kier alpha value is -1.53. The Bertz CT molecular complexity index is 431. The van der Waals surface area contributed by atoms with Gasteiger partial charge in [0.05, 0.1) is 5.69 Å². The van der Waals surface area contributed by atoms with Gasteiger partial charge < -0.3 is 16.6 Å². The van der Waals surface area contributed by atoms with Gasteiger partial charge >= 0.3 is 5.97 Å². The number of hydrogen-bond donors (Lipinski definition) is 3. The van der Waals surface area contributed by atoms with E-state index in [1.165, 1.54) is 11.8 Å². The van der Waals surface area contributed by atoms with Crippen LogP contribution in [0.2, 0.25) is 0 Å². The molecule has 0 bridgehead atoms. The van der Waals surface area contributed by atoms with E-state index in [1.54, 1.807) is 12.1 Å². The number of benzene rings is 1. The van der Waals surface area contributed by atoms with Gasteiger partial charge in [-0.2, -0.15) is 0 Å². The van der Waals surface area contributed by atoms with Crippen LogP contribution >= 0.6 is 11.8 Å². The smallest absolute Gasteiger partial charge is 0.320 e. The second-order valence-corrected chi connectivity index (χ2v) is 4.98. The topological polar surface area (TPSA) is 102 Å². The number of nitrogens with two attached hydrogens (primary N) is 2. The fourth-order valence-electron chi connectivity index (χ4n) is 1.36. The molecule has 0 heterocycles. The minimum Gasteiger partial charge on any atom is -0.480 e. The molecule has 0 saturated carbocycles. The molecule has 1 aromatic rings. The lowest BCUT2D eigenvalue weighted by atomic mass is 10.1. The summed E-state index contributed by atoms with van der Waals surface area (Å²) >= 11 is 1.47. The van der Waals surface area contributed by atoms with E-state index in [4.69, 9.17) is 16.6 Å². The van der Waals surface area contributed by atoms with Crippen molar-refractivity contribution in [2.75, 3.05) is 5.75 Å². The van der Waals surface area contributed by atoms with Crippen LogP contribution in [0.1, 0.15) is 12.5 Å². The van der Waals surface area contributed by atoms with Gasteiger partial charge in [-0.1, -0.05) is 30.8 Å². The third kappa shape index (κ3) is 4.77. The van der Waals surface area contributed by atoms with E-state index in [0.29, 0.717) is 11.6 Å². The van der Waals surface area contributed by atoms with E-state index in [-0.39, 0.29) is 0 Å². The lowest BCUT2D eigenvalue weighted by Gasteiger charge is -2.06. The van der Waals surface area contributed by atoms with Gasteiger partial charge in [-0.3, -0.25) is 4.79 Å². The van der Waals surface area contributed by atoms with Crippen LogP contribution in [0.25, 0.3) is 0 Å². The first-order chi connectivity index (χ1) is 8.52. The van der Waals surface area contributed by atoms with Crippen molar-refractivity contribution in [1.29, 1.82) is 0 Å². The summed E-state index contributed by atoms with van der Waals surface area (Å²) in [6.45, 7) is 2.00. The van der Waals surface area contributed by atoms with Crippen molar-refractivity contribution < 1.29 is 9.90 Å². The molecule has 1 atom stereocenters. The molecular formula is C12H17N3O2S. The summed E-state index contributed by atoms with van der Waals surface area (Å²) in [5.74, 6) is -0.123. The monoisotopic (exact) mass is 267 g/mol. The molecule has 5 nitrogen and oxygen atoms in total. The summed E-state index contributed by atoms with van der Waals surface area (Å²) in [7, 11) is 0. The molecule has 18 heavy (non-hydrogen) atoms. The highest BCUT2D eigenvalue weighted by Crippen LogP contribution is 2.15. The maximum Gasteiger partial charge on any atom is 0.320 e. The molecule has 0 radical (unpaired) electrons. The third-order valence-corrected chi connectivity index (χ3v) is 2.92. The number of aliphatic carboxylic acids is 1. The summed E-state index contributed by atoms with van der Waals surface area (Å²) in [5, 5.41) is 9.23. The van der Waals surface area contributed by atoms with Crippen molar-refractivity contribution >= 4 is 28.6 Å². The quantitative estimate of drug-likeness (QED) is 0.552. The standard InChI is InChI=1S/C12H17N3O2S/c1-2-18-12(14)15-9-5-3-8(4-6-9)7-10(13)11(16)17/h3-6,10H,2,7,13H2,1H3,(H2,14,15)(H,16,17)/t10-/m0/s1. The minimum atomic E-state index is -0.999. The molecule has 5 N–H and O–H groups in total. The molecule has 0 aliphatic heterocycles. The number of carboxylic acids is 1. The van der Waals surface area contributed by atoms with E-state index in [9.17, 15) is 4.79 Å². The molecule has 1 aromatic carbocycles. The van der Waals surface area contributed by atoms with Crippen LogP contribution in [-0.4, -0.2) is 28.0 Å². The number of hydrogen-bond acceptors (Lipinski definition) is 4. The molecule has 98 valence electrons. The van der Waals surface area contributed by atoms with Crippen molar-refractivity contribution in [3.63, 3.8) is 0 Å². The number of thioether (sulfide) groups is 1. The van der Waals surface area contributed by atoms with Gasteiger partial charge in [0.1, 0.15) is 6.04 Å². The van der Waals surface area contributed by atoms with Crippen LogP contribution < -0.4 is 11.5 Å². The first-order valence-corrected chi connectivity index (χ1v) is 6.55. The van der Waals surface area contributed by atoms with Crippen LogP contribution in [0.5, 0.6) is 0 Å². The Morgan fingerprint density at radius 2 is 2.06 bits per heavy atom. The SMILES string of the molecule is CCSC(N)=Nc1ccc(C[C@H](N)C(=O)O)cc1. The molecule has 0 aliphatic carbocycles. The number of amidine groups is 1. The van der Waals surface area contributed by atoms with E-state index in [2.05, 4.69) is 4.99 Å². The normalized spacial score (nSPS) is 13.3. The number of nitrogens with zero attached hydrogens (tertiary/aromatic N) is 1. The Morgan fingerprint density at radius 3 is 2.56 bits per heavy atom. The minimum absolute atomic E-state index is 0.304. The van der Waals surface area contributed by atoms with Gasteiger partial charge in [0, 0.05) is 0 Å². The van der Waals surface area contributed by atoms with Gasteiger partial charge in [-0.05, 0) is 29.9 Å². The van der Waals surface area contributed by atoms with E-state index < -0.39 is 12.0 Å². The Kier molecular flexibility index (Phi) is 5.67. The average Bonchev–Trinajstić information content (AvgIpc) is 2.31. The summed E-state index contributed by atoms with van der Waals surface area (Å²) in [5.41, 5.74) is 12.8. The first-order valence-electron chi connectivity index (χ1n) is 5.57. The second-order valence-electron chi connectivity index (χ2n) is 3.70. The maximum absolute atomic E-state index is 10.6. The molecule has 0 spiro atoms. The van der Waals surface area contributed by atoms with Crippen LogP contribution in [0.4, 0.5) is 5.69 Å². The van der Waals surface area contributed by atoms with Crippen molar-refractivity contribution in [1.82, 2.24) is 0 Å². The Labute approximate surface area is 110 Å². The summed E-state index contributed by atoms with van der Waals surface area (Å²) < 4.78 is 0. The predicted octanol–water partition coefficient (Wildman–Crippen LogP) is 1.34. The zero-order valence-electron chi connectivity index (χ0n) is 10.2. The lowest BCUT2D eigenvalue weighted by Crippen LogP contribution is -2.32. The summed E-state index contributed by atoms with van der Waals surface area (Å²) in [6, 6.07) is 6.34. The van der Waals surface area contributed by atoms with Crippen molar-refractivity contribution in [2.24, 2.45) is 16.5 Å². The zero-order chi connectivity index (χ0) is 13.5. The molecule has 1 rings (SSSR count). The van der Waals surface area contributed by atoms with E-state index in [0.717, 1.165) is 17.0 Å². The highest BCUT2D eigenvalue weighted by molar-refractivity contribution is 8.13. The third-order valence-electron chi connectivity index (χ3n) is 2.24. The highest BCUT2D eigenvalue weighted by Gasteiger charge is 2.11. The van der Waals surface area contributed by atoms with Crippen molar-refractivity contribution in [2.45, 2.75) is 19.4 Å². The van der Waals surface area contributed by atoms with Gasteiger partial charge in [0.15, 0.2) is 5.17 Å². The van der Waals surface area contributed by atoms with Crippen LogP contribution in [0.3, 0.4) is 0 Å². The highest BCUT2D eigenvalue weighted by atomic mass is 32.2. The van der Waals surface area contributed by atoms with E-state index in [1.807, 2.05) is 19.1 Å². The molecule has 0 aliphatic rings. The van der Waals surface area contributed by atoms with Crippen LogP contribution in [0, 0.1) is 0 Å². The largest absolute Gasteiger partial charge is 0.480 e. The first kappa shape index (κ1) is 14.5. The molecule has 0 saturated heterocycles. The van der Waals surface area contributed by atoms with Gasteiger partial charge in [-0.15, -0.1) is 0 Å². The molecule has 0 aromatic heterocycles. The number of carbonyl (C=O) groups is 1. The van der Waals surface area contributed by atoms with Gasteiger partial charge in [0.2, 0.25) is 0 Å². The maximum atomic E-state index is 10.6. The molecular weight excluding hydrogens is 250 g/mol. The van der Waals surface area contributed by atoms with Crippen LogP contribution in [-0.2, 0) is 11.2 Å². The summed E-state index contributed by atoms with van der Waals surface area (Å²) in [6.07, 6.45) is 0.304. The predicted molar refractivity (Wildman–Crippen MR) is 75.2 cm³/mol. The second kappa shape index (κ2) is 7.03. The number of carboxylic acid groups (broad SMARTS) is 1. The Morgan fingerprint density at radius 1 is 1.44 bits per heavy atom. The average molecular weight is 267 g/mol. The Balaban J connectivity index is 2.68.